The number of ether oxygens (including phenoxy) is 2. The van der Waals surface area contributed by atoms with Crippen molar-refractivity contribution in [2.24, 2.45) is 0 Å². The second kappa shape index (κ2) is 80.7. The zero-order valence-corrected chi connectivity index (χ0v) is 17.6. The smallest absolute Gasteiger partial charge is 0.0693 e. The second-order valence-corrected chi connectivity index (χ2v) is 3.96. The van der Waals surface area contributed by atoms with E-state index in [-0.39, 0.29) is 6.61 Å². The molecule has 0 unspecified atom stereocenters. The average Bonchev–Trinajstić information content (AvgIpc) is 2.52. The molecule has 0 radical (unpaired) electrons. The van der Waals surface area contributed by atoms with Crippen molar-refractivity contribution in [3.05, 3.63) is 50.6 Å². The molecule has 0 rings (SSSR count). The van der Waals surface area contributed by atoms with Crippen LogP contribution in [-0.2, 0) is 9.47 Å². The van der Waals surface area contributed by atoms with Crippen LogP contribution in [0.4, 0.5) is 0 Å². The fourth-order valence-corrected chi connectivity index (χ4v) is 0.482. The van der Waals surface area contributed by atoms with Crippen LogP contribution >= 0.6 is 0 Å². The van der Waals surface area contributed by atoms with E-state index in [2.05, 4.69) is 44.9 Å². The molecule has 24 heavy (non-hydrogen) atoms. The first kappa shape index (κ1) is 38.4. The van der Waals surface area contributed by atoms with E-state index in [1.165, 1.54) is 0 Å². The van der Waals surface area contributed by atoms with Gasteiger partial charge in [0, 0.05) is 20.3 Å². The predicted molar refractivity (Wildman–Crippen MR) is 114 cm³/mol. The Morgan fingerprint density at radius 2 is 0.958 bits per heavy atom. The van der Waals surface area contributed by atoms with Gasteiger partial charge in [0.1, 0.15) is 0 Å². The predicted octanol–water partition coefficient (Wildman–Crippen LogP) is 6.22. The van der Waals surface area contributed by atoms with Gasteiger partial charge in [-0.3, -0.25) is 0 Å². The zero-order chi connectivity index (χ0) is 20.5. The quantitative estimate of drug-likeness (QED) is 0.458. The number of hydrogen-bond donors (Lipinski definition) is 1. The summed E-state index contributed by atoms with van der Waals surface area (Å²) in [7, 11) is 1.55. The van der Waals surface area contributed by atoms with Crippen molar-refractivity contribution in [3.63, 3.8) is 0 Å². The molecule has 0 aromatic rings. The summed E-state index contributed by atoms with van der Waals surface area (Å²) >= 11 is 0. The molecule has 3 nitrogen and oxygen atoms in total. The third-order valence-electron chi connectivity index (χ3n) is 0.992. The lowest BCUT2D eigenvalue weighted by atomic mass is 10.5. The maximum Gasteiger partial charge on any atom is 0.0693 e. The highest BCUT2D eigenvalue weighted by Gasteiger charge is 1.77. The first-order valence-corrected chi connectivity index (χ1v) is 8.45. The van der Waals surface area contributed by atoms with Gasteiger partial charge in [-0.25, -0.2) is 0 Å². The van der Waals surface area contributed by atoms with Crippen LogP contribution in [0.15, 0.2) is 50.6 Å². The van der Waals surface area contributed by atoms with Crippen molar-refractivity contribution in [1.29, 1.82) is 0 Å². The van der Waals surface area contributed by atoms with Gasteiger partial charge in [0.15, 0.2) is 0 Å². The summed E-state index contributed by atoms with van der Waals surface area (Å²) in [6.07, 6.45) is 9.28. The largest absolute Gasteiger partial charge is 0.394 e. The Balaban J connectivity index is -0.0000000425. The summed E-state index contributed by atoms with van der Waals surface area (Å²) < 4.78 is 9.57. The molecule has 0 spiro atoms. The van der Waals surface area contributed by atoms with Crippen LogP contribution in [0.5, 0.6) is 0 Å². The van der Waals surface area contributed by atoms with Crippen LogP contribution in [0.2, 0.25) is 0 Å². The first-order chi connectivity index (χ1) is 11.5. The number of aliphatic hydroxyl groups excluding tert-OH is 1. The summed E-state index contributed by atoms with van der Waals surface area (Å²) in [6, 6.07) is 0. The summed E-state index contributed by atoms with van der Waals surface area (Å²) in [5.74, 6) is 0. The minimum Gasteiger partial charge on any atom is -0.394 e. The molecule has 1 N–H and O–H groups in total. The third-order valence-corrected chi connectivity index (χ3v) is 0.992. The zero-order valence-electron chi connectivity index (χ0n) is 17.6. The molecule has 0 aliphatic heterocycles. The van der Waals surface area contributed by atoms with Crippen molar-refractivity contribution in [2.45, 2.75) is 54.4 Å². The van der Waals surface area contributed by atoms with E-state index in [1.807, 2.05) is 27.7 Å². The minimum atomic E-state index is 0.122. The normalized spacial score (nSPS) is 6.67. The summed E-state index contributed by atoms with van der Waals surface area (Å²) in [5, 5.41) is 7.94. The molecule has 0 aromatic heterocycles. The van der Waals surface area contributed by atoms with E-state index in [1.54, 1.807) is 31.4 Å². The van der Waals surface area contributed by atoms with E-state index in [9.17, 15) is 0 Å². The number of methoxy groups -OCH3 is 1. The van der Waals surface area contributed by atoms with Gasteiger partial charge >= 0.3 is 0 Å². The highest BCUT2D eigenvalue weighted by atomic mass is 16.5. The average molecular weight is 347 g/mol. The number of allylic oxidation sites excluding steroid dienone is 4. The molecule has 3 heteroatoms. The Morgan fingerprint density at radius 1 is 0.708 bits per heavy atom. The van der Waals surface area contributed by atoms with E-state index < -0.39 is 0 Å². The molecule has 0 aliphatic rings. The van der Waals surface area contributed by atoms with Crippen molar-refractivity contribution in [1.82, 2.24) is 0 Å². The van der Waals surface area contributed by atoms with Gasteiger partial charge < -0.3 is 14.6 Å². The Labute approximate surface area is 153 Å². The molecule has 0 heterocycles. The third kappa shape index (κ3) is 350. The van der Waals surface area contributed by atoms with Gasteiger partial charge in [0.05, 0.1) is 13.2 Å². The molecular formula is C21H46O3. The van der Waals surface area contributed by atoms with Gasteiger partial charge in [-0.15, -0.1) is 26.3 Å². The Hall–Kier alpha value is -1.16. The van der Waals surface area contributed by atoms with Crippen molar-refractivity contribution >= 4 is 0 Å². The SMILES string of the molecule is C=CC.C=CC.C=CC.C=CC.CCCOCCC.COCCO. The lowest BCUT2D eigenvalue weighted by molar-refractivity contribution is 0.135. The monoisotopic (exact) mass is 346 g/mol. The van der Waals surface area contributed by atoms with Gasteiger partial charge in [0.2, 0.25) is 0 Å². The fourth-order valence-electron chi connectivity index (χ4n) is 0.482. The molecule has 0 fully saturated rings. The summed E-state index contributed by atoms with van der Waals surface area (Å²) in [5.41, 5.74) is 0. The topological polar surface area (TPSA) is 38.7 Å². The number of rotatable bonds is 6. The first-order valence-electron chi connectivity index (χ1n) is 8.45. The second-order valence-electron chi connectivity index (χ2n) is 3.96. The number of hydrogen-bond acceptors (Lipinski definition) is 3. The van der Waals surface area contributed by atoms with Crippen molar-refractivity contribution < 1.29 is 14.6 Å². The molecule has 0 saturated carbocycles. The summed E-state index contributed by atoms with van der Waals surface area (Å²) in [6.45, 7) is 27.7. The maximum absolute atomic E-state index is 7.94. The lowest BCUT2D eigenvalue weighted by Crippen LogP contribution is -1.92. The van der Waals surface area contributed by atoms with Crippen LogP contribution in [0, 0.1) is 0 Å². The number of aliphatic hydroxyl groups is 1. The molecule has 0 atom stereocenters. The van der Waals surface area contributed by atoms with Gasteiger partial charge in [-0.2, -0.15) is 0 Å². The Kier molecular flexibility index (Phi) is 129. The van der Waals surface area contributed by atoms with Crippen molar-refractivity contribution in [3.8, 4) is 0 Å². The van der Waals surface area contributed by atoms with Gasteiger partial charge in [0.25, 0.3) is 0 Å². The van der Waals surface area contributed by atoms with E-state index in [0.717, 1.165) is 26.1 Å². The van der Waals surface area contributed by atoms with Crippen LogP contribution in [0.3, 0.4) is 0 Å². The molecule has 148 valence electrons. The summed E-state index contributed by atoms with van der Waals surface area (Å²) in [4.78, 5) is 0. The van der Waals surface area contributed by atoms with Gasteiger partial charge in [-0.05, 0) is 40.5 Å². The van der Waals surface area contributed by atoms with E-state index in [0.29, 0.717) is 6.61 Å². The minimum absolute atomic E-state index is 0.122. The standard InChI is InChI=1S/C6H14O.C3H8O2.4C3H6/c1-3-5-7-6-4-2;1-5-3-2-4;4*1-3-2/h3-6H2,1-2H3;4H,2-3H2,1H3;4*3H,1H2,2H3. The van der Waals surface area contributed by atoms with Crippen LogP contribution < -0.4 is 0 Å². The molecule has 0 amide bonds. The highest BCUT2D eigenvalue weighted by molar-refractivity contribution is 4.52. The highest BCUT2D eigenvalue weighted by Crippen LogP contribution is 1.81. The van der Waals surface area contributed by atoms with E-state index in [4.69, 9.17) is 9.84 Å². The molecule has 0 saturated heterocycles. The molecule has 0 bridgehead atoms. The maximum atomic E-state index is 7.94. The Morgan fingerprint density at radius 3 is 1.04 bits per heavy atom. The van der Waals surface area contributed by atoms with Crippen LogP contribution in [0.25, 0.3) is 0 Å². The van der Waals surface area contributed by atoms with Crippen LogP contribution in [-0.4, -0.2) is 38.6 Å². The fraction of sp³-hybridized carbons (Fsp3) is 0.619. The molecular weight excluding hydrogens is 300 g/mol. The van der Waals surface area contributed by atoms with Gasteiger partial charge in [-0.1, -0.05) is 38.2 Å². The Bertz CT molecular complexity index is 148. The molecule has 0 aromatic carbocycles. The van der Waals surface area contributed by atoms with Crippen molar-refractivity contribution in [2.75, 3.05) is 33.5 Å². The van der Waals surface area contributed by atoms with Crippen LogP contribution in [0.1, 0.15) is 54.4 Å². The molecule has 0 aliphatic carbocycles. The van der Waals surface area contributed by atoms with E-state index >= 15 is 0 Å². The lowest BCUT2D eigenvalue weighted by Gasteiger charge is -1.95.